The highest BCUT2D eigenvalue weighted by atomic mass is 35.7. The van der Waals surface area contributed by atoms with Gasteiger partial charge in [-0.25, -0.2) is 8.42 Å². The van der Waals surface area contributed by atoms with Crippen molar-refractivity contribution in [2.75, 3.05) is 12.4 Å². The van der Waals surface area contributed by atoms with E-state index < -0.39 is 14.5 Å². The molecule has 0 heterocycles. The fourth-order valence-electron chi connectivity index (χ4n) is 1.06. The second kappa shape index (κ2) is 5.51. The summed E-state index contributed by atoms with van der Waals surface area (Å²) in [5.74, 6) is 0.361. The molecule has 0 bridgehead atoms. The largest absolute Gasteiger partial charge is 0.378 e. The van der Waals surface area contributed by atoms with Crippen LogP contribution in [0.25, 0.3) is 0 Å². The van der Waals surface area contributed by atoms with Crippen molar-refractivity contribution >= 4 is 19.7 Å². The normalized spacial score (nSPS) is 15.7. The first kappa shape index (κ1) is 15.2. The minimum atomic E-state index is -3.46. The summed E-state index contributed by atoms with van der Waals surface area (Å²) < 4.78 is 27.5. The molecule has 1 unspecified atom stereocenters. The minimum absolute atomic E-state index is 0.0631. The Hall–Kier alpha value is 0.200. The average molecular weight is 257 g/mol. The Labute approximate surface area is 97.6 Å². The Balaban J connectivity index is 4.16. The van der Waals surface area contributed by atoms with Crippen LogP contribution in [0.3, 0.4) is 0 Å². The van der Waals surface area contributed by atoms with E-state index in [4.69, 9.17) is 15.4 Å². The van der Waals surface area contributed by atoms with Crippen LogP contribution in [-0.4, -0.2) is 26.9 Å². The van der Waals surface area contributed by atoms with Crippen molar-refractivity contribution in [3.05, 3.63) is 0 Å². The maximum absolute atomic E-state index is 10.9. The zero-order valence-corrected chi connectivity index (χ0v) is 11.7. The molecule has 0 amide bonds. The maximum Gasteiger partial charge on any atom is 0.233 e. The Morgan fingerprint density at radius 1 is 1.27 bits per heavy atom. The van der Waals surface area contributed by atoms with Gasteiger partial charge in [0.05, 0.1) is 18.5 Å². The number of rotatable bonds is 6. The zero-order valence-electron chi connectivity index (χ0n) is 10.1. The smallest absolute Gasteiger partial charge is 0.233 e. The highest BCUT2D eigenvalue weighted by Crippen LogP contribution is 2.22. The van der Waals surface area contributed by atoms with Gasteiger partial charge in [-0.3, -0.25) is 0 Å². The summed E-state index contributed by atoms with van der Waals surface area (Å²) in [4.78, 5) is 0. The van der Waals surface area contributed by atoms with Gasteiger partial charge < -0.3 is 4.74 Å². The molecule has 0 aromatic rings. The molecule has 0 N–H and O–H groups in total. The second-order valence-corrected chi connectivity index (χ2v) is 7.88. The Kier molecular flexibility index (Phi) is 5.58. The molecule has 5 heteroatoms. The standard InChI is InChI=1S/C10H21ClO3S/c1-8(2)9(3)14-6-10(4,5)7-15(11,12)13/h8-9H,6-7H2,1-5H3. The number of halogens is 1. The summed E-state index contributed by atoms with van der Waals surface area (Å²) in [6, 6.07) is 0. The minimum Gasteiger partial charge on any atom is -0.378 e. The molecular weight excluding hydrogens is 236 g/mol. The summed E-state index contributed by atoms with van der Waals surface area (Å²) >= 11 is 0. The van der Waals surface area contributed by atoms with Crippen molar-refractivity contribution in [3.63, 3.8) is 0 Å². The third-order valence-electron chi connectivity index (χ3n) is 2.24. The van der Waals surface area contributed by atoms with Gasteiger partial charge in [0.2, 0.25) is 9.05 Å². The van der Waals surface area contributed by atoms with Crippen LogP contribution in [0, 0.1) is 11.3 Å². The quantitative estimate of drug-likeness (QED) is 0.687. The first-order valence-corrected chi connectivity index (χ1v) is 7.55. The lowest BCUT2D eigenvalue weighted by atomic mass is 9.98. The summed E-state index contributed by atoms with van der Waals surface area (Å²) in [5.41, 5.74) is -0.441. The molecular formula is C10H21ClO3S. The van der Waals surface area contributed by atoms with Crippen molar-refractivity contribution < 1.29 is 13.2 Å². The maximum atomic E-state index is 10.9. The molecule has 0 aliphatic heterocycles. The molecule has 0 aliphatic carbocycles. The fraction of sp³-hybridized carbons (Fsp3) is 1.00. The van der Waals surface area contributed by atoms with E-state index >= 15 is 0 Å². The molecule has 92 valence electrons. The Morgan fingerprint density at radius 3 is 2.07 bits per heavy atom. The van der Waals surface area contributed by atoms with Crippen LogP contribution in [-0.2, 0) is 13.8 Å². The SMILES string of the molecule is CC(C)C(C)OCC(C)(C)CS(=O)(=O)Cl. The summed E-state index contributed by atoms with van der Waals surface area (Å²) in [6.45, 7) is 10.2. The van der Waals surface area contributed by atoms with Crippen molar-refractivity contribution in [2.45, 2.75) is 40.7 Å². The third-order valence-corrected chi connectivity index (χ3v) is 3.69. The fourth-order valence-corrected chi connectivity index (χ4v) is 2.96. The molecule has 0 rings (SSSR count). The summed E-state index contributed by atoms with van der Waals surface area (Å²) in [6.07, 6.45) is 0.127. The van der Waals surface area contributed by atoms with Gasteiger partial charge in [-0.05, 0) is 12.8 Å². The van der Waals surface area contributed by atoms with Crippen LogP contribution in [0.1, 0.15) is 34.6 Å². The molecule has 0 aromatic carbocycles. The van der Waals surface area contributed by atoms with Gasteiger partial charge in [-0.15, -0.1) is 0 Å². The monoisotopic (exact) mass is 256 g/mol. The van der Waals surface area contributed by atoms with Crippen LogP contribution in [0.15, 0.2) is 0 Å². The highest BCUT2D eigenvalue weighted by Gasteiger charge is 2.26. The van der Waals surface area contributed by atoms with Crippen molar-refractivity contribution in [1.29, 1.82) is 0 Å². The van der Waals surface area contributed by atoms with Crippen molar-refractivity contribution in [1.82, 2.24) is 0 Å². The van der Waals surface area contributed by atoms with Crippen LogP contribution in [0.4, 0.5) is 0 Å². The zero-order chi connectivity index (χ0) is 12.3. The predicted molar refractivity (Wildman–Crippen MR) is 63.7 cm³/mol. The first-order chi connectivity index (χ1) is 6.53. The van der Waals surface area contributed by atoms with E-state index in [1.165, 1.54) is 0 Å². The Morgan fingerprint density at radius 2 is 1.73 bits per heavy atom. The van der Waals surface area contributed by atoms with E-state index in [1.807, 2.05) is 20.8 Å². The third kappa shape index (κ3) is 8.05. The predicted octanol–water partition coefficient (Wildman–Crippen LogP) is 2.64. The van der Waals surface area contributed by atoms with E-state index in [2.05, 4.69) is 13.8 Å². The lowest BCUT2D eigenvalue weighted by Gasteiger charge is -2.26. The van der Waals surface area contributed by atoms with E-state index in [0.717, 1.165) is 0 Å². The molecule has 0 saturated carbocycles. The van der Waals surface area contributed by atoms with Gasteiger partial charge in [-0.2, -0.15) is 0 Å². The van der Waals surface area contributed by atoms with Gasteiger partial charge in [0.1, 0.15) is 0 Å². The molecule has 1 atom stereocenters. The molecule has 3 nitrogen and oxygen atoms in total. The topological polar surface area (TPSA) is 43.4 Å². The number of hydrogen-bond acceptors (Lipinski definition) is 3. The molecule has 0 radical (unpaired) electrons. The van der Waals surface area contributed by atoms with Crippen molar-refractivity contribution in [2.24, 2.45) is 11.3 Å². The molecule has 0 spiro atoms. The molecule has 15 heavy (non-hydrogen) atoms. The Bertz CT molecular complexity index is 283. The second-order valence-electron chi connectivity index (χ2n) is 5.11. The molecule has 0 fully saturated rings. The lowest BCUT2D eigenvalue weighted by molar-refractivity contribution is -0.00353. The van der Waals surface area contributed by atoms with Gasteiger partial charge in [-0.1, -0.05) is 27.7 Å². The van der Waals surface area contributed by atoms with Gasteiger partial charge >= 0.3 is 0 Å². The van der Waals surface area contributed by atoms with E-state index in [0.29, 0.717) is 12.5 Å². The van der Waals surface area contributed by atoms with Crippen molar-refractivity contribution in [3.8, 4) is 0 Å². The molecule has 0 aromatic heterocycles. The van der Waals surface area contributed by atoms with Gasteiger partial charge in [0.25, 0.3) is 0 Å². The number of ether oxygens (including phenoxy) is 1. The van der Waals surface area contributed by atoms with E-state index in [-0.39, 0.29) is 11.9 Å². The highest BCUT2D eigenvalue weighted by molar-refractivity contribution is 8.13. The van der Waals surface area contributed by atoms with Gasteiger partial charge in [0, 0.05) is 16.1 Å². The average Bonchev–Trinajstić information content (AvgIpc) is 1.95. The van der Waals surface area contributed by atoms with E-state index in [1.54, 1.807) is 0 Å². The molecule has 0 aliphatic rings. The van der Waals surface area contributed by atoms with Crippen LogP contribution >= 0.6 is 10.7 Å². The van der Waals surface area contributed by atoms with Crippen LogP contribution in [0.2, 0.25) is 0 Å². The first-order valence-electron chi connectivity index (χ1n) is 5.07. The van der Waals surface area contributed by atoms with Crippen LogP contribution < -0.4 is 0 Å². The van der Waals surface area contributed by atoms with Gasteiger partial charge in [0.15, 0.2) is 0 Å². The van der Waals surface area contributed by atoms with E-state index in [9.17, 15) is 8.42 Å². The summed E-state index contributed by atoms with van der Waals surface area (Å²) in [5, 5.41) is 0. The lowest BCUT2D eigenvalue weighted by Crippen LogP contribution is -2.30. The summed E-state index contributed by atoms with van der Waals surface area (Å²) in [7, 11) is 1.75. The molecule has 0 saturated heterocycles. The van der Waals surface area contributed by atoms with Crippen LogP contribution in [0.5, 0.6) is 0 Å². The number of hydrogen-bond donors (Lipinski definition) is 0.